The first kappa shape index (κ1) is 15.6. The molecule has 114 valence electrons. The van der Waals surface area contributed by atoms with Crippen LogP contribution < -0.4 is 5.32 Å². The Kier molecular flexibility index (Phi) is 4.43. The van der Waals surface area contributed by atoms with E-state index in [9.17, 15) is 13.2 Å². The lowest BCUT2D eigenvalue weighted by molar-refractivity contribution is -0.137. The van der Waals surface area contributed by atoms with Crippen molar-refractivity contribution in [3.8, 4) is 6.07 Å². The van der Waals surface area contributed by atoms with Crippen molar-refractivity contribution in [2.24, 2.45) is 0 Å². The number of halogens is 3. The third-order valence-electron chi connectivity index (χ3n) is 4.02. The van der Waals surface area contributed by atoms with Gasteiger partial charge >= 0.3 is 6.18 Å². The van der Waals surface area contributed by atoms with Crippen LogP contribution in [0.5, 0.6) is 0 Å². The molecule has 0 spiro atoms. The summed E-state index contributed by atoms with van der Waals surface area (Å²) in [7, 11) is 2.05. The number of piperidine rings is 1. The lowest BCUT2D eigenvalue weighted by Crippen LogP contribution is -2.42. The molecule has 6 heteroatoms. The van der Waals surface area contributed by atoms with E-state index < -0.39 is 11.7 Å². The Morgan fingerprint density at radius 2 is 2.10 bits per heavy atom. The fourth-order valence-electron chi connectivity index (χ4n) is 2.62. The molecule has 2 rings (SSSR count). The van der Waals surface area contributed by atoms with Crippen LogP contribution in [0.4, 0.5) is 18.9 Å². The predicted octanol–water partition coefficient (Wildman–Crippen LogP) is 3.47. The van der Waals surface area contributed by atoms with E-state index in [0.29, 0.717) is 11.7 Å². The Labute approximate surface area is 122 Å². The van der Waals surface area contributed by atoms with Gasteiger partial charge < -0.3 is 10.2 Å². The summed E-state index contributed by atoms with van der Waals surface area (Å²) >= 11 is 0. The van der Waals surface area contributed by atoms with E-state index in [1.165, 1.54) is 12.1 Å². The zero-order valence-electron chi connectivity index (χ0n) is 12.0. The topological polar surface area (TPSA) is 39.1 Å². The van der Waals surface area contributed by atoms with Crippen molar-refractivity contribution in [1.82, 2.24) is 4.90 Å². The van der Waals surface area contributed by atoms with Crippen molar-refractivity contribution in [2.45, 2.75) is 38.0 Å². The monoisotopic (exact) mass is 297 g/mol. The molecule has 0 aliphatic carbocycles. The second kappa shape index (κ2) is 5.94. The van der Waals surface area contributed by atoms with Crippen LogP contribution in [0.25, 0.3) is 0 Å². The van der Waals surface area contributed by atoms with Crippen molar-refractivity contribution < 1.29 is 13.2 Å². The van der Waals surface area contributed by atoms with Crippen LogP contribution in [0, 0.1) is 11.3 Å². The first-order chi connectivity index (χ1) is 9.81. The molecule has 21 heavy (non-hydrogen) atoms. The van der Waals surface area contributed by atoms with Crippen LogP contribution in [0.1, 0.15) is 30.9 Å². The fraction of sp³-hybridized carbons (Fsp3) is 0.533. The van der Waals surface area contributed by atoms with Crippen LogP contribution >= 0.6 is 0 Å². The maximum Gasteiger partial charge on any atom is 0.417 e. The number of hydrogen-bond donors (Lipinski definition) is 1. The molecule has 0 aromatic heterocycles. The van der Waals surface area contributed by atoms with Crippen molar-refractivity contribution in [3.63, 3.8) is 0 Å². The Balaban J connectivity index is 2.17. The van der Waals surface area contributed by atoms with Crippen LogP contribution in [-0.4, -0.2) is 30.6 Å². The molecule has 0 saturated carbocycles. The quantitative estimate of drug-likeness (QED) is 0.908. The van der Waals surface area contributed by atoms with Crippen molar-refractivity contribution >= 4 is 5.69 Å². The minimum absolute atomic E-state index is 0.158. The Morgan fingerprint density at radius 1 is 1.38 bits per heavy atom. The standard InChI is InChI=1S/C15H18F3N3/c1-10-7-13(5-6-21(10)2)20-12-4-3-11(9-19)14(8-12)15(16,17)18/h3-4,8,10,13,20H,5-7H2,1-2H3. The number of benzene rings is 1. The highest BCUT2D eigenvalue weighted by molar-refractivity contribution is 5.53. The molecule has 1 aliphatic heterocycles. The van der Waals surface area contributed by atoms with Crippen molar-refractivity contribution in [3.05, 3.63) is 29.3 Å². The summed E-state index contributed by atoms with van der Waals surface area (Å²) in [5, 5.41) is 11.9. The van der Waals surface area contributed by atoms with Gasteiger partial charge in [-0.05, 0) is 45.0 Å². The largest absolute Gasteiger partial charge is 0.417 e. The molecule has 1 aromatic carbocycles. The molecule has 1 aliphatic rings. The van der Waals surface area contributed by atoms with Gasteiger partial charge in [0, 0.05) is 24.3 Å². The number of nitriles is 1. The van der Waals surface area contributed by atoms with Crippen LogP contribution in [0.3, 0.4) is 0 Å². The first-order valence-corrected chi connectivity index (χ1v) is 6.89. The first-order valence-electron chi connectivity index (χ1n) is 6.89. The summed E-state index contributed by atoms with van der Waals surface area (Å²) < 4.78 is 38.8. The third-order valence-corrected chi connectivity index (χ3v) is 4.02. The van der Waals surface area contributed by atoms with Gasteiger partial charge in [-0.25, -0.2) is 0 Å². The van der Waals surface area contributed by atoms with E-state index in [-0.39, 0.29) is 11.6 Å². The number of rotatable bonds is 2. The SMILES string of the molecule is CC1CC(Nc2ccc(C#N)c(C(F)(F)F)c2)CCN1C. The van der Waals surface area contributed by atoms with Gasteiger partial charge in [0.2, 0.25) is 0 Å². The average molecular weight is 297 g/mol. The Bertz CT molecular complexity index is 548. The van der Waals surface area contributed by atoms with Gasteiger partial charge in [-0.3, -0.25) is 0 Å². The van der Waals surface area contributed by atoms with E-state index in [4.69, 9.17) is 5.26 Å². The normalized spacial score (nSPS) is 23.6. The number of anilines is 1. The van der Waals surface area contributed by atoms with Gasteiger partial charge in [0.25, 0.3) is 0 Å². The number of alkyl halides is 3. The molecule has 0 bridgehead atoms. The van der Waals surface area contributed by atoms with Gasteiger partial charge in [-0.2, -0.15) is 18.4 Å². The highest BCUT2D eigenvalue weighted by atomic mass is 19.4. The molecule has 0 radical (unpaired) electrons. The van der Waals surface area contributed by atoms with E-state index in [0.717, 1.165) is 25.5 Å². The van der Waals surface area contributed by atoms with Crippen molar-refractivity contribution in [2.75, 3.05) is 18.9 Å². The molecule has 2 atom stereocenters. The van der Waals surface area contributed by atoms with E-state index in [1.807, 2.05) is 7.05 Å². The van der Waals surface area contributed by atoms with Gasteiger partial charge in [0.1, 0.15) is 0 Å². The zero-order valence-corrected chi connectivity index (χ0v) is 12.0. The third kappa shape index (κ3) is 3.67. The second-order valence-corrected chi connectivity index (χ2v) is 5.57. The Hall–Kier alpha value is -1.74. The summed E-state index contributed by atoms with van der Waals surface area (Å²) in [6, 6.07) is 5.94. The average Bonchev–Trinajstić information content (AvgIpc) is 2.42. The minimum atomic E-state index is -4.51. The van der Waals surface area contributed by atoms with Crippen LogP contribution in [0.2, 0.25) is 0 Å². The summed E-state index contributed by atoms with van der Waals surface area (Å²) in [6.45, 7) is 3.02. The highest BCUT2D eigenvalue weighted by Gasteiger charge is 2.34. The maximum absolute atomic E-state index is 12.9. The van der Waals surface area contributed by atoms with E-state index in [1.54, 1.807) is 6.07 Å². The maximum atomic E-state index is 12.9. The molecule has 2 unspecified atom stereocenters. The van der Waals surface area contributed by atoms with E-state index >= 15 is 0 Å². The number of likely N-dealkylation sites (tertiary alicyclic amines) is 1. The van der Waals surface area contributed by atoms with Gasteiger partial charge in [0.15, 0.2) is 0 Å². The molecule has 0 amide bonds. The number of hydrogen-bond acceptors (Lipinski definition) is 3. The summed E-state index contributed by atoms with van der Waals surface area (Å²) in [4.78, 5) is 2.23. The smallest absolute Gasteiger partial charge is 0.382 e. The molecule has 1 N–H and O–H groups in total. The summed E-state index contributed by atoms with van der Waals surface area (Å²) in [5.74, 6) is 0. The summed E-state index contributed by atoms with van der Waals surface area (Å²) in [5.41, 5.74) is -0.802. The van der Waals surface area contributed by atoms with Gasteiger partial charge in [-0.1, -0.05) is 0 Å². The number of nitrogens with zero attached hydrogens (tertiary/aromatic N) is 2. The lowest BCUT2D eigenvalue weighted by atomic mass is 9.98. The molecule has 1 aromatic rings. The molecule has 1 heterocycles. The number of nitrogens with one attached hydrogen (secondary N) is 1. The van der Waals surface area contributed by atoms with E-state index in [2.05, 4.69) is 17.1 Å². The van der Waals surface area contributed by atoms with Crippen LogP contribution in [-0.2, 0) is 6.18 Å². The molecule has 1 saturated heterocycles. The van der Waals surface area contributed by atoms with Gasteiger partial charge in [-0.15, -0.1) is 0 Å². The van der Waals surface area contributed by atoms with Crippen molar-refractivity contribution in [1.29, 1.82) is 5.26 Å². The Morgan fingerprint density at radius 3 is 2.67 bits per heavy atom. The molecule has 3 nitrogen and oxygen atoms in total. The van der Waals surface area contributed by atoms with Crippen LogP contribution in [0.15, 0.2) is 18.2 Å². The predicted molar refractivity (Wildman–Crippen MR) is 74.9 cm³/mol. The summed E-state index contributed by atoms with van der Waals surface area (Å²) in [6.07, 6.45) is -2.73. The molecular weight excluding hydrogens is 279 g/mol. The zero-order chi connectivity index (χ0) is 15.6. The van der Waals surface area contributed by atoms with Gasteiger partial charge in [0.05, 0.1) is 17.2 Å². The second-order valence-electron chi connectivity index (χ2n) is 5.57. The fourth-order valence-corrected chi connectivity index (χ4v) is 2.62. The molecular formula is C15H18F3N3. The molecule has 1 fully saturated rings. The highest BCUT2D eigenvalue weighted by Crippen LogP contribution is 2.34. The minimum Gasteiger partial charge on any atom is -0.382 e. The lowest BCUT2D eigenvalue weighted by Gasteiger charge is -2.35.